The number of hydrogen-bond donors (Lipinski definition) is 2. The quantitative estimate of drug-likeness (QED) is 0.829. The molecule has 2 amide bonds. The number of rotatable bonds is 4. The minimum absolute atomic E-state index is 0.0631. The summed E-state index contributed by atoms with van der Waals surface area (Å²) in [5, 5.41) is 6.04. The van der Waals surface area contributed by atoms with Crippen molar-refractivity contribution in [2.24, 2.45) is 0 Å². The molecule has 0 unspecified atom stereocenters. The van der Waals surface area contributed by atoms with Gasteiger partial charge in [-0.2, -0.15) is 0 Å². The first-order valence-electron chi connectivity index (χ1n) is 6.96. The van der Waals surface area contributed by atoms with Gasteiger partial charge in [-0.15, -0.1) is 0 Å². The normalized spacial score (nSPS) is 15.7. The molecule has 4 nitrogen and oxygen atoms in total. The van der Waals surface area contributed by atoms with Crippen molar-refractivity contribution in [2.75, 3.05) is 10.6 Å². The van der Waals surface area contributed by atoms with Crippen molar-refractivity contribution in [1.82, 2.24) is 5.32 Å². The summed E-state index contributed by atoms with van der Waals surface area (Å²) in [6.45, 7) is 0. The lowest BCUT2D eigenvalue weighted by Crippen LogP contribution is -2.36. The molecule has 0 aromatic heterocycles. The second-order valence-corrected chi connectivity index (χ2v) is 5.63. The van der Waals surface area contributed by atoms with Crippen LogP contribution in [0, 0.1) is 0 Å². The maximum atomic E-state index is 12.2. The van der Waals surface area contributed by atoms with Crippen molar-refractivity contribution in [3.8, 4) is 0 Å². The molecule has 0 aliphatic heterocycles. The van der Waals surface area contributed by atoms with Gasteiger partial charge in [0.15, 0.2) is 0 Å². The number of benzene rings is 1. The lowest BCUT2D eigenvalue weighted by molar-refractivity contribution is -0.113. The van der Waals surface area contributed by atoms with E-state index in [1.54, 1.807) is 24.3 Å². The Hall–Kier alpha value is -1.36. The maximum Gasteiger partial charge on any atom is 0.251 e. The van der Waals surface area contributed by atoms with E-state index in [0.717, 1.165) is 12.8 Å². The molecule has 20 heavy (non-hydrogen) atoms. The fourth-order valence-electron chi connectivity index (χ4n) is 2.45. The summed E-state index contributed by atoms with van der Waals surface area (Å²) >= 11 is 3.09. The van der Waals surface area contributed by atoms with Crippen molar-refractivity contribution in [3.63, 3.8) is 0 Å². The van der Waals surface area contributed by atoms with Crippen molar-refractivity contribution in [1.29, 1.82) is 0 Å². The van der Waals surface area contributed by atoms with E-state index in [-0.39, 0.29) is 23.2 Å². The van der Waals surface area contributed by atoms with Crippen LogP contribution in [-0.4, -0.2) is 23.2 Å². The second-order valence-electron chi connectivity index (χ2n) is 5.07. The number of hydrogen-bond acceptors (Lipinski definition) is 2. The molecule has 5 heteroatoms. The zero-order valence-corrected chi connectivity index (χ0v) is 12.9. The number of carbonyl (C=O) groups is 2. The van der Waals surface area contributed by atoms with E-state index in [9.17, 15) is 9.59 Å². The van der Waals surface area contributed by atoms with Gasteiger partial charge in [-0.3, -0.25) is 9.59 Å². The number of anilines is 1. The van der Waals surface area contributed by atoms with E-state index >= 15 is 0 Å². The van der Waals surface area contributed by atoms with Crippen LogP contribution in [0.4, 0.5) is 5.69 Å². The van der Waals surface area contributed by atoms with Crippen molar-refractivity contribution >= 4 is 33.4 Å². The Balaban J connectivity index is 1.98. The van der Waals surface area contributed by atoms with Crippen LogP contribution >= 0.6 is 15.9 Å². The molecule has 0 heterocycles. The number of carbonyl (C=O) groups excluding carboxylic acids is 2. The fraction of sp³-hybridized carbons (Fsp3) is 0.467. The highest BCUT2D eigenvalue weighted by molar-refractivity contribution is 9.09. The molecule has 1 aliphatic rings. The van der Waals surface area contributed by atoms with Gasteiger partial charge in [-0.1, -0.05) is 41.3 Å². The average Bonchev–Trinajstić information content (AvgIpc) is 2.48. The first kappa shape index (κ1) is 15.0. The molecular weight excluding hydrogens is 320 g/mol. The fourth-order valence-corrected chi connectivity index (χ4v) is 2.59. The highest BCUT2D eigenvalue weighted by atomic mass is 79.9. The third kappa shape index (κ3) is 4.34. The van der Waals surface area contributed by atoms with Crippen molar-refractivity contribution < 1.29 is 9.59 Å². The molecule has 0 atom stereocenters. The van der Waals surface area contributed by atoms with Gasteiger partial charge in [0.05, 0.1) is 5.33 Å². The summed E-state index contributed by atoms with van der Waals surface area (Å²) in [5.41, 5.74) is 1.23. The number of alkyl halides is 1. The van der Waals surface area contributed by atoms with E-state index < -0.39 is 0 Å². The number of amides is 2. The predicted octanol–water partition coefficient (Wildman–Crippen LogP) is 3.08. The predicted molar refractivity (Wildman–Crippen MR) is 83.2 cm³/mol. The summed E-state index contributed by atoms with van der Waals surface area (Å²) in [6.07, 6.45) is 5.76. The van der Waals surface area contributed by atoms with E-state index in [1.165, 1.54) is 19.3 Å². The molecule has 2 rings (SSSR count). The van der Waals surface area contributed by atoms with Crippen LogP contribution in [0.2, 0.25) is 0 Å². The first-order chi connectivity index (χ1) is 9.69. The van der Waals surface area contributed by atoms with Gasteiger partial charge >= 0.3 is 0 Å². The van der Waals surface area contributed by atoms with E-state index in [4.69, 9.17) is 0 Å². The summed E-state index contributed by atoms with van der Waals surface area (Å²) in [7, 11) is 0. The standard InChI is InChI=1S/C15H19BrN2O2/c16-10-14(19)17-13-8-4-5-11(9-13)15(20)18-12-6-2-1-3-7-12/h4-5,8-9,12H,1-3,6-7,10H2,(H,17,19)(H,18,20). The minimum atomic E-state index is -0.130. The lowest BCUT2D eigenvalue weighted by Gasteiger charge is -2.22. The molecular formula is C15H19BrN2O2. The Bertz CT molecular complexity index is 485. The Kier molecular flexibility index (Phi) is 5.59. The van der Waals surface area contributed by atoms with E-state index in [2.05, 4.69) is 26.6 Å². The van der Waals surface area contributed by atoms with Gasteiger partial charge in [-0.05, 0) is 31.0 Å². The molecule has 0 bridgehead atoms. The van der Waals surface area contributed by atoms with Crippen LogP contribution in [0.3, 0.4) is 0 Å². The summed E-state index contributed by atoms with van der Waals surface area (Å²) in [5.74, 6) is -0.193. The van der Waals surface area contributed by atoms with Crippen LogP contribution in [0.25, 0.3) is 0 Å². The van der Waals surface area contributed by atoms with Crippen LogP contribution in [0.15, 0.2) is 24.3 Å². The molecule has 1 aromatic carbocycles. The zero-order chi connectivity index (χ0) is 14.4. The van der Waals surface area contributed by atoms with Gasteiger partial charge in [0.25, 0.3) is 5.91 Å². The number of halogens is 1. The average molecular weight is 339 g/mol. The van der Waals surface area contributed by atoms with Crippen LogP contribution in [0.5, 0.6) is 0 Å². The molecule has 0 saturated heterocycles. The maximum absolute atomic E-state index is 12.2. The monoisotopic (exact) mass is 338 g/mol. The van der Waals surface area contributed by atoms with E-state index in [1.807, 2.05) is 0 Å². The summed E-state index contributed by atoms with van der Waals surface area (Å²) < 4.78 is 0. The largest absolute Gasteiger partial charge is 0.349 e. The third-order valence-corrected chi connectivity index (χ3v) is 3.98. The van der Waals surface area contributed by atoms with E-state index in [0.29, 0.717) is 11.3 Å². The second kappa shape index (κ2) is 7.43. The Morgan fingerprint density at radius 1 is 1.20 bits per heavy atom. The van der Waals surface area contributed by atoms with Gasteiger partial charge in [-0.25, -0.2) is 0 Å². The minimum Gasteiger partial charge on any atom is -0.349 e. The smallest absolute Gasteiger partial charge is 0.251 e. The topological polar surface area (TPSA) is 58.2 Å². The first-order valence-corrected chi connectivity index (χ1v) is 8.08. The molecule has 0 radical (unpaired) electrons. The Morgan fingerprint density at radius 3 is 2.65 bits per heavy atom. The molecule has 1 aromatic rings. The third-order valence-electron chi connectivity index (χ3n) is 3.47. The zero-order valence-electron chi connectivity index (χ0n) is 11.3. The van der Waals surface area contributed by atoms with Crippen molar-refractivity contribution in [3.05, 3.63) is 29.8 Å². The molecule has 108 valence electrons. The Labute approximate surface area is 127 Å². The van der Waals surface area contributed by atoms with Crippen LogP contribution < -0.4 is 10.6 Å². The summed E-state index contributed by atoms with van der Waals surface area (Å²) in [4.78, 5) is 23.5. The summed E-state index contributed by atoms with van der Waals surface area (Å²) in [6, 6.07) is 7.31. The highest BCUT2D eigenvalue weighted by Crippen LogP contribution is 2.18. The van der Waals surface area contributed by atoms with Gasteiger partial charge in [0.2, 0.25) is 5.91 Å². The molecule has 2 N–H and O–H groups in total. The van der Waals surface area contributed by atoms with Crippen LogP contribution in [0.1, 0.15) is 42.5 Å². The Morgan fingerprint density at radius 2 is 1.95 bits per heavy atom. The molecule has 1 saturated carbocycles. The van der Waals surface area contributed by atoms with Gasteiger partial charge in [0.1, 0.15) is 0 Å². The molecule has 1 fully saturated rings. The molecule has 1 aliphatic carbocycles. The highest BCUT2D eigenvalue weighted by Gasteiger charge is 2.16. The van der Waals surface area contributed by atoms with Gasteiger partial charge < -0.3 is 10.6 Å². The lowest BCUT2D eigenvalue weighted by atomic mass is 9.95. The number of nitrogens with one attached hydrogen (secondary N) is 2. The van der Waals surface area contributed by atoms with Crippen molar-refractivity contribution in [2.45, 2.75) is 38.1 Å². The van der Waals surface area contributed by atoms with Gasteiger partial charge in [0, 0.05) is 17.3 Å². The SMILES string of the molecule is O=C(CBr)Nc1cccc(C(=O)NC2CCCCC2)c1. The molecule has 0 spiro atoms. The van der Waals surface area contributed by atoms with Crippen LogP contribution in [-0.2, 0) is 4.79 Å².